The standard InChI is InChI=1S/C14H15N3O/c1-10(11-6-3-2-4-7-11)17-14-12(13(15)18)8-5-9-16-14/h2-10H,1H3,(H2,15,18)(H,16,17). The molecule has 4 nitrogen and oxygen atoms in total. The van der Waals surface area contributed by atoms with Gasteiger partial charge in [-0.2, -0.15) is 0 Å². The molecular weight excluding hydrogens is 226 g/mol. The summed E-state index contributed by atoms with van der Waals surface area (Å²) in [7, 11) is 0. The Morgan fingerprint density at radius 1 is 1.22 bits per heavy atom. The molecular formula is C14H15N3O. The first-order chi connectivity index (χ1) is 8.68. The van der Waals surface area contributed by atoms with E-state index in [-0.39, 0.29) is 6.04 Å². The van der Waals surface area contributed by atoms with Crippen molar-refractivity contribution < 1.29 is 4.79 Å². The molecule has 18 heavy (non-hydrogen) atoms. The van der Waals surface area contributed by atoms with E-state index < -0.39 is 5.91 Å². The average molecular weight is 241 g/mol. The number of hydrogen-bond donors (Lipinski definition) is 2. The van der Waals surface area contributed by atoms with E-state index in [1.807, 2.05) is 37.3 Å². The van der Waals surface area contributed by atoms with Crippen LogP contribution in [0.4, 0.5) is 5.82 Å². The zero-order valence-electron chi connectivity index (χ0n) is 10.1. The number of pyridine rings is 1. The number of hydrogen-bond acceptors (Lipinski definition) is 3. The number of benzene rings is 1. The Kier molecular flexibility index (Phi) is 3.57. The number of nitrogens with two attached hydrogens (primary N) is 1. The highest BCUT2D eigenvalue weighted by molar-refractivity contribution is 5.97. The summed E-state index contributed by atoms with van der Waals surface area (Å²) in [4.78, 5) is 15.4. The van der Waals surface area contributed by atoms with Gasteiger partial charge in [0, 0.05) is 12.2 Å². The number of aromatic nitrogens is 1. The first-order valence-corrected chi connectivity index (χ1v) is 5.75. The summed E-state index contributed by atoms with van der Waals surface area (Å²) in [5.41, 5.74) is 6.84. The van der Waals surface area contributed by atoms with Crippen LogP contribution in [0.1, 0.15) is 28.9 Å². The number of rotatable bonds is 4. The van der Waals surface area contributed by atoms with E-state index >= 15 is 0 Å². The highest BCUT2D eigenvalue weighted by Crippen LogP contribution is 2.19. The predicted molar refractivity (Wildman–Crippen MR) is 71.2 cm³/mol. The van der Waals surface area contributed by atoms with Crippen molar-refractivity contribution in [2.75, 3.05) is 5.32 Å². The minimum absolute atomic E-state index is 0.0548. The van der Waals surface area contributed by atoms with E-state index in [1.54, 1.807) is 18.3 Å². The number of nitrogens with zero attached hydrogens (tertiary/aromatic N) is 1. The number of primary amides is 1. The molecule has 1 amide bonds. The zero-order valence-corrected chi connectivity index (χ0v) is 10.1. The predicted octanol–water partition coefficient (Wildman–Crippen LogP) is 2.35. The summed E-state index contributed by atoms with van der Waals surface area (Å²) in [6.45, 7) is 2.01. The van der Waals surface area contributed by atoms with Gasteiger partial charge >= 0.3 is 0 Å². The fourth-order valence-electron chi connectivity index (χ4n) is 1.75. The molecule has 0 radical (unpaired) electrons. The van der Waals surface area contributed by atoms with E-state index in [4.69, 9.17) is 5.73 Å². The Morgan fingerprint density at radius 2 is 1.94 bits per heavy atom. The van der Waals surface area contributed by atoms with Crippen molar-refractivity contribution >= 4 is 11.7 Å². The van der Waals surface area contributed by atoms with Crippen molar-refractivity contribution in [3.8, 4) is 0 Å². The fraction of sp³-hybridized carbons (Fsp3) is 0.143. The van der Waals surface area contributed by atoms with Gasteiger partial charge in [-0.15, -0.1) is 0 Å². The lowest BCUT2D eigenvalue weighted by atomic mass is 10.1. The van der Waals surface area contributed by atoms with Gasteiger partial charge in [0.2, 0.25) is 0 Å². The van der Waals surface area contributed by atoms with E-state index in [2.05, 4.69) is 10.3 Å². The van der Waals surface area contributed by atoms with Crippen molar-refractivity contribution in [3.63, 3.8) is 0 Å². The van der Waals surface area contributed by atoms with Crippen molar-refractivity contribution in [3.05, 3.63) is 59.8 Å². The van der Waals surface area contributed by atoms with E-state index in [1.165, 1.54) is 0 Å². The number of amides is 1. The van der Waals surface area contributed by atoms with Gasteiger partial charge in [0.1, 0.15) is 5.82 Å². The number of carbonyl (C=O) groups is 1. The molecule has 0 fully saturated rings. The molecule has 1 atom stereocenters. The topological polar surface area (TPSA) is 68.0 Å². The van der Waals surface area contributed by atoms with Gasteiger partial charge < -0.3 is 11.1 Å². The maximum Gasteiger partial charge on any atom is 0.252 e. The SMILES string of the molecule is CC(Nc1ncccc1C(N)=O)c1ccccc1. The van der Waals surface area contributed by atoms with Gasteiger partial charge in [-0.25, -0.2) is 4.98 Å². The van der Waals surface area contributed by atoms with Gasteiger partial charge in [0.25, 0.3) is 5.91 Å². The van der Waals surface area contributed by atoms with E-state index in [0.717, 1.165) is 5.56 Å². The Hall–Kier alpha value is -2.36. The minimum atomic E-state index is -0.481. The summed E-state index contributed by atoms with van der Waals surface area (Å²) in [6, 6.07) is 13.4. The maximum absolute atomic E-state index is 11.3. The third kappa shape index (κ3) is 2.66. The van der Waals surface area contributed by atoms with Gasteiger partial charge in [0.15, 0.2) is 0 Å². The molecule has 0 aliphatic carbocycles. The Labute approximate surface area is 106 Å². The lowest BCUT2D eigenvalue weighted by molar-refractivity contribution is 0.100. The summed E-state index contributed by atoms with van der Waals surface area (Å²) < 4.78 is 0. The van der Waals surface area contributed by atoms with Crippen LogP contribution >= 0.6 is 0 Å². The second-order valence-electron chi connectivity index (χ2n) is 4.04. The summed E-state index contributed by atoms with van der Waals surface area (Å²) in [5.74, 6) is 0.0345. The van der Waals surface area contributed by atoms with Crippen LogP contribution in [0, 0.1) is 0 Å². The second-order valence-corrected chi connectivity index (χ2v) is 4.04. The smallest absolute Gasteiger partial charge is 0.252 e. The molecule has 0 aliphatic heterocycles. The molecule has 0 bridgehead atoms. The van der Waals surface area contributed by atoms with Crippen LogP contribution in [-0.2, 0) is 0 Å². The highest BCUT2D eigenvalue weighted by atomic mass is 16.1. The third-order valence-corrected chi connectivity index (χ3v) is 2.73. The lowest BCUT2D eigenvalue weighted by Crippen LogP contribution is -2.17. The van der Waals surface area contributed by atoms with Crippen molar-refractivity contribution in [1.29, 1.82) is 0 Å². The van der Waals surface area contributed by atoms with Crippen LogP contribution in [0.15, 0.2) is 48.7 Å². The summed E-state index contributed by atoms with van der Waals surface area (Å²) in [5, 5.41) is 3.20. The van der Waals surface area contributed by atoms with E-state index in [9.17, 15) is 4.79 Å². The van der Waals surface area contributed by atoms with Crippen LogP contribution in [0.5, 0.6) is 0 Å². The molecule has 2 rings (SSSR count). The quantitative estimate of drug-likeness (QED) is 0.863. The molecule has 0 saturated heterocycles. The van der Waals surface area contributed by atoms with Gasteiger partial charge in [-0.1, -0.05) is 30.3 Å². The van der Waals surface area contributed by atoms with Crippen LogP contribution in [0.2, 0.25) is 0 Å². The van der Waals surface area contributed by atoms with Crippen LogP contribution in [-0.4, -0.2) is 10.9 Å². The van der Waals surface area contributed by atoms with Crippen molar-refractivity contribution in [1.82, 2.24) is 4.98 Å². The summed E-state index contributed by atoms with van der Waals surface area (Å²) >= 11 is 0. The molecule has 0 spiro atoms. The highest BCUT2D eigenvalue weighted by Gasteiger charge is 2.11. The molecule has 1 heterocycles. The minimum Gasteiger partial charge on any atom is -0.365 e. The molecule has 2 aromatic rings. The van der Waals surface area contributed by atoms with Crippen molar-refractivity contribution in [2.45, 2.75) is 13.0 Å². The monoisotopic (exact) mass is 241 g/mol. The fourth-order valence-corrected chi connectivity index (χ4v) is 1.75. The molecule has 0 saturated carbocycles. The van der Waals surface area contributed by atoms with Gasteiger partial charge in [-0.3, -0.25) is 4.79 Å². The Bertz CT molecular complexity index is 540. The second kappa shape index (κ2) is 5.31. The number of nitrogens with one attached hydrogen (secondary N) is 1. The molecule has 4 heteroatoms. The molecule has 92 valence electrons. The molecule has 0 aliphatic rings. The molecule has 3 N–H and O–H groups in total. The molecule has 1 aromatic carbocycles. The Balaban J connectivity index is 2.22. The lowest BCUT2D eigenvalue weighted by Gasteiger charge is -2.16. The van der Waals surface area contributed by atoms with Crippen molar-refractivity contribution in [2.24, 2.45) is 5.73 Å². The number of anilines is 1. The summed E-state index contributed by atoms with van der Waals surface area (Å²) in [6.07, 6.45) is 1.63. The van der Waals surface area contributed by atoms with Gasteiger partial charge in [-0.05, 0) is 24.6 Å². The zero-order chi connectivity index (χ0) is 13.0. The third-order valence-electron chi connectivity index (χ3n) is 2.73. The molecule has 1 unspecified atom stereocenters. The normalized spacial score (nSPS) is 11.8. The largest absolute Gasteiger partial charge is 0.365 e. The maximum atomic E-state index is 11.3. The van der Waals surface area contributed by atoms with Crippen LogP contribution in [0.3, 0.4) is 0 Å². The van der Waals surface area contributed by atoms with Crippen LogP contribution in [0.25, 0.3) is 0 Å². The Morgan fingerprint density at radius 3 is 2.61 bits per heavy atom. The average Bonchev–Trinajstić information content (AvgIpc) is 2.40. The van der Waals surface area contributed by atoms with Gasteiger partial charge in [0.05, 0.1) is 5.56 Å². The molecule has 1 aromatic heterocycles. The van der Waals surface area contributed by atoms with E-state index in [0.29, 0.717) is 11.4 Å². The first kappa shape index (κ1) is 12.1. The first-order valence-electron chi connectivity index (χ1n) is 5.75. The number of carbonyl (C=O) groups excluding carboxylic acids is 1. The van der Waals surface area contributed by atoms with Crippen LogP contribution < -0.4 is 11.1 Å².